The third kappa shape index (κ3) is 4.50. The van der Waals surface area contributed by atoms with E-state index in [2.05, 4.69) is 15.3 Å². The minimum Gasteiger partial charge on any atom is -0.366 e. The van der Waals surface area contributed by atoms with Gasteiger partial charge in [0.1, 0.15) is 12.2 Å². The highest BCUT2D eigenvalue weighted by Crippen LogP contribution is 2.31. The van der Waals surface area contributed by atoms with Gasteiger partial charge in [0.25, 0.3) is 0 Å². The van der Waals surface area contributed by atoms with Gasteiger partial charge in [-0.15, -0.1) is 0 Å². The molecule has 4 aromatic rings. The third-order valence-corrected chi connectivity index (χ3v) is 5.14. The Hall–Kier alpha value is -3.95. The summed E-state index contributed by atoms with van der Waals surface area (Å²) in [5.41, 5.74) is 7.30. The van der Waals surface area contributed by atoms with Crippen LogP contribution in [0.25, 0.3) is 22.6 Å². The summed E-state index contributed by atoms with van der Waals surface area (Å²) in [6.07, 6.45) is -3.02. The number of nitrogens with two attached hydrogens (primary N) is 1. The van der Waals surface area contributed by atoms with Crippen molar-refractivity contribution in [3.05, 3.63) is 71.5 Å². The zero-order valence-corrected chi connectivity index (χ0v) is 17.9. The number of benzene rings is 2. The molecule has 7 nitrogen and oxygen atoms in total. The van der Waals surface area contributed by atoms with Crippen molar-refractivity contribution in [1.29, 1.82) is 0 Å². The van der Waals surface area contributed by atoms with Crippen LogP contribution in [0, 0.1) is 0 Å². The molecule has 0 aliphatic heterocycles. The van der Waals surface area contributed by atoms with Crippen LogP contribution >= 0.6 is 0 Å². The van der Waals surface area contributed by atoms with Crippen molar-refractivity contribution in [3.63, 3.8) is 0 Å². The molecule has 2 heterocycles. The van der Waals surface area contributed by atoms with E-state index in [4.69, 9.17) is 10.7 Å². The average molecular weight is 454 g/mol. The Morgan fingerprint density at radius 3 is 2.48 bits per heavy atom. The Kier molecular flexibility index (Phi) is 5.75. The number of rotatable bonds is 6. The first-order chi connectivity index (χ1) is 15.6. The van der Waals surface area contributed by atoms with E-state index in [1.54, 1.807) is 30.3 Å². The molecule has 170 valence electrons. The molecule has 0 aliphatic carbocycles. The fourth-order valence-electron chi connectivity index (χ4n) is 3.56. The highest BCUT2D eigenvalue weighted by Gasteiger charge is 2.30. The highest BCUT2D eigenvalue weighted by atomic mass is 19.4. The zero-order chi connectivity index (χ0) is 23.8. The van der Waals surface area contributed by atoms with Gasteiger partial charge in [-0.3, -0.25) is 4.79 Å². The van der Waals surface area contributed by atoms with Crippen molar-refractivity contribution in [2.75, 3.05) is 5.32 Å². The predicted molar refractivity (Wildman–Crippen MR) is 118 cm³/mol. The second-order valence-electron chi connectivity index (χ2n) is 7.79. The fraction of sp³-hybridized carbons (Fsp3) is 0.217. The van der Waals surface area contributed by atoms with E-state index < -0.39 is 17.6 Å². The van der Waals surface area contributed by atoms with E-state index >= 15 is 0 Å². The highest BCUT2D eigenvalue weighted by molar-refractivity contribution is 5.93. The molecule has 10 heteroatoms. The Balaban J connectivity index is 1.71. The lowest BCUT2D eigenvalue weighted by atomic mass is 10.1. The zero-order valence-electron chi connectivity index (χ0n) is 17.9. The number of primary amides is 1. The molecule has 0 spiro atoms. The second kappa shape index (κ2) is 8.53. The number of carbonyl (C=O) groups is 1. The second-order valence-corrected chi connectivity index (χ2v) is 7.79. The number of hydrogen-bond acceptors (Lipinski definition) is 5. The van der Waals surface area contributed by atoms with E-state index in [0.717, 1.165) is 17.7 Å². The summed E-state index contributed by atoms with van der Waals surface area (Å²) < 4.78 is 41.0. The molecule has 0 fully saturated rings. The Morgan fingerprint density at radius 2 is 1.85 bits per heavy atom. The summed E-state index contributed by atoms with van der Waals surface area (Å²) in [5, 5.41) is 3.08. The van der Waals surface area contributed by atoms with Crippen LogP contribution in [0.4, 0.5) is 19.0 Å². The molecule has 2 aromatic carbocycles. The van der Waals surface area contributed by atoms with Crippen LogP contribution in [0.3, 0.4) is 0 Å². The van der Waals surface area contributed by atoms with Crippen LogP contribution in [-0.4, -0.2) is 25.4 Å². The van der Waals surface area contributed by atoms with Gasteiger partial charge in [0, 0.05) is 23.7 Å². The van der Waals surface area contributed by atoms with E-state index in [9.17, 15) is 18.0 Å². The number of aromatic nitrogens is 4. The van der Waals surface area contributed by atoms with Gasteiger partial charge in [0.15, 0.2) is 17.0 Å². The van der Waals surface area contributed by atoms with Gasteiger partial charge < -0.3 is 15.6 Å². The maximum atomic E-state index is 13.0. The third-order valence-electron chi connectivity index (χ3n) is 5.14. The van der Waals surface area contributed by atoms with Crippen LogP contribution in [0.2, 0.25) is 0 Å². The van der Waals surface area contributed by atoms with E-state index in [1.165, 1.54) is 12.4 Å². The summed E-state index contributed by atoms with van der Waals surface area (Å²) in [4.78, 5) is 24.8. The number of nitrogens with one attached hydrogen (secondary N) is 1. The van der Waals surface area contributed by atoms with Crippen molar-refractivity contribution < 1.29 is 18.0 Å². The molecule has 0 aliphatic rings. The molecule has 0 atom stereocenters. The largest absolute Gasteiger partial charge is 0.416 e. The molecule has 3 N–H and O–H groups in total. The first-order valence-corrected chi connectivity index (χ1v) is 10.2. The monoisotopic (exact) mass is 454 g/mol. The molecule has 33 heavy (non-hydrogen) atoms. The molecule has 2 aromatic heterocycles. The minimum atomic E-state index is -4.41. The summed E-state index contributed by atoms with van der Waals surface area (Å²) in [5.74, 6) is 0.510. The normalized spacial score (nSPS) is 11.8. The van der Waals surface area contributed by atoms with Crippen LogP contribution < -0.4 is 11.1 Å². The molecule has 0 radical (unpaired) electrons. The first kappa shape index (κ1) is 22.3. The van der Waals surface area contributed by atoms with Gasteiger partial charge in [-0.05, 0) is 43.7 Å². The Bertz CT molecular complexity index is 1310. The van der Waals surface area contributed by atoms with Gasteiger partial charge in [0.05, 0.1) is 5.56 Å². The van der Waals surface area contributed by atoms with E-state index in [-0.39, 0.29) is 12.6 Å². The number of fused-ring (bicyclic) bond motifs is 1. The number of anilines is 1. The predicted octanol–water partition coefficient (Wildman–Crippen LogP) is 4.80. The number of hydrogen-bond donors (Lipinski definition) is 2. The molecule has 0 bridgehead atoms. The van der Waals surface area contributed by atoms with E-state index in [1.807, 2.05) is 18.4 Å². The number of nitrogens with zero attached hydrogens (tertiary/aromatic N) is 4. The number of amides is 1. The maximum absolute atomic E-state index is 13.0. The van der Waals surface area contributed by atoms with Gasteiger partial charge in [-0.25, -0.2) is 15.0 Å². The van der Waals surface area contributed by atoms with Gasteiger partial charge >= 0.3 is 6.18 Å². The minimum absolute atomic E-state index is 0.00651. The summed E-state index contributed by atoms with van der Waals surface area (Å²) in [6.45, 7) is 4.10. The molecular weight excluding hydrogens is 433 g/mol. The van der Waals surface area contributed by atoms with Crippen molar-refractivity contribution in [3.8, 4) is 11.4 Å². The number of halogens is 3. The summed E-state index contributed by atoms with van der Waals surface area (Å²) in [7, 11) is 0. The fourth-order valence-corrected chi connectivity index (χ4v) is 3.56. The first-order valence-electron chi connectivity index (χ1n) is 10.2. The standard InChI is InChI=1S/C23H21F3N6O/c1-13(2)32-21(16-8-6-15(7-9-16)19(27)33)31-18-20(29-12-30-22(18)32)28-11-14-4-3-5-17(10-14)23(24,25)26/h3-10,12-13H,11H2,1-2H3,(H2,27,33)(H,28,29,30). The van der Waals surface area contributed by atoms with Crippen molar-refractivity contribution in [1.82, 2.24) is 19.5 Å². The number of alkyl halides is 3. The molecular formula is C23H21F3N6O. The van der Waals surface area contributed by atoms with Crippen LogP contribution in [0.15, 0.2) is 54.9 Å². The van der Waals surface area contributed by atoms with Crippen molar-refractivity contribution in [2.45, 2.75) is 32.6 Å². The van der Waals surface area contributed by atoms with Gasteiger partial charge in [0.2, 0.25) is 5.91 Å². The topological polar surface area (TPSA) is 98.7 Å². The summed E-state index contributed by atoms with van der Waals surface area (Å²) in [6, 6.07) is 11.9. The lowest BCUT2D eigenvalue weighted by Crippen LogP contribution is -2.10. The summed E-state index contributed by atoms with van der Waals surface area (Å²) >= 11 is 0. The van der Waals surface area contributed by atoms with Crippen LogP contribution in [-0.2, 0) is 12.7 Å². The molecule has 0 saturated heterocycles. The average Bonchev–Trinajstić information content (AvgIpc) is 3.18. The molecule has 4 rings (SSSR count). The Morgan fingerprint density at radius 1 is 1.12 bits per heavy atom. The van der Waals surface area contributed by atoms with E-state index in [0.29, 0.717) is 33.9 Å². The van der Waals surface area contributed by atoms with Crippen LogP contribution in [0.5, 0.6) is 0 Å². The van der Waals surface area contributed by atoms with Crippen LogP contribution in [0.1, 0.15) is 41.4 Å². The smallest absolute Gasteiger partial charge is 0.366 e. The Labute approximate surface area is 187 Å². The SMILES string of the molecule is CC(C)n1c(-c2ccc(C(N)=O)cc2)nc2c(NCc3cccc(C(F)(F)F)c3)ncnc21. The van der Waals surface area contributed by atoms with Gasteiger partial charge in [-0.2, -0.15) is 13.2 Å². The lowest BCUT2D eigenvalue weighted by molar-refractivity contribution is -0.137. The molecule has 0 unspecified atom stereocenters. The maximum Gasteiger partial charge on any atom is 0.416 e. The molecule has 1 amide bonds. The number of imidazole rings is 1. The van der Waals surface area contributed by atoms with Gasteiger partial charge in [-0.1, -0.05) is 24.3 Å². The van der Waals surface area contributed by atoms with Crippen molar-refractivity contribution in [2.24, 2.45) is 5.73 Å². The quantitative estimate of drug-likeness (QED) is 0.436. The van der Waals surface area contributed by atoms with Crippen molar-refractivity contribution >= 4 is 22.9 Å². The molecule has 0 saturated carbocycles. The lowest BCUT2D eigenvalue weighted by Gasteiger charge is -2.13. The number of carbonyl (C=O) groups excluding carboxylic acids is 1.